The Morgan fingerprint density at radius 3 is 0.897 bits per heavy atom. The summed E-state index contributed by atoms with van der Waals surface area (Å²) in [5.41, 5.74) is 4.41. The number of methoxy groups -OCH3 is 2. The van der Waals surface area contributed by atoms with E-state index in [0.29, 0.717) is 0 Å². The molecular formula is C35H32O4. The van der Waals surface area contributed by atoms with Gasteiger partial charge in [0, 0.05) is 0 Å². The van der Waals surface area contributed by atoms with Gasteiger partial charge in [-0.05, 0) is 70.8 Å². The lowest BCUT2D eigenvalue weighted by Gasteiger charge is -2.09. The molecule has 0 aromatic heterocycles. The fourth-order valence-corrected chi connectivity index (χ4v) is 3.61. The Bertz CT molecular complexity index is 1280. The molecule has 4 aromatic rings. The van der Waals surface area contributed by atoms with Crippen molar-refractivity contribution in [2.75, 3.05) is 21.0 Å². The van der Waals surface area contributed by atoms with E-state index in [-0.39, 0.29) is 6.79 Å². The summed E-state index contributed by atoms with van der Waals surface area (Å²) in [6, 6.07) is 31.7. The molecule has 0 saturated carbocycles. The standard InChI is InChI=1S/C35H32O4/c1-36-32-19-11-28(12-20-32)7-3-5-9-30-15-23-34(24-16-30)38-27-39-35-25-17-31(18-26-35)10-6-4-8-29-13-21-33(37-2)22-14-29/h3-26H,27H2,1-2H3/b7-3+,8-4+,9-5+,10-6+. The Morgan fingerprint density at radius 2 is 0.641 bits per heavy atom. The van der Waals surface area contributed by atoms with E-state index in [1.54, 1.807) is 14.2 Å². The molecule has 4 aromatic carbocycles. The molecule has 4 heteroatoms. The minimum Gasteiger partial charge on any atom is -0.497 e. The third-order valence-electron chi connectivity index (χ3n) is 5.82. The van der Waals surface area contributed by atoms with Gasteiger partial charge in [-0.15, -0.1) is 0 Å². The summed E-state index contributed by atoms with van der Waals surface area (Å²) in [5.74, 6) is 3.21. The molecule has 0 bridgehead atoms. The summed E-state index contributed by atoms with van der Waals surface area (Å²) in [6.45, 7) is 0.138. The van der Waals surface area contributed by atoms with E-state index >= 15 is 0 Å². The minimum atomic E-state index is 0.138. The zero-order valence-electron chi connectivity index (χ0n) is 22.2. The molecule has 196 valence electrons. The van der Waals surface area contributed by atoms with Crippen LogP contribution in [0.3, 0.4) is 0 Å². The normalized spacial score (nSPS) is 11.5. The topological polar surface area (TPSA) is 36.9 Å². The van der Waals surface area contributed by atoms with Crippen LogP contribution in [0, 0.1) is 0 Å². The van der Waals surface area contributed by atoms with Crippen LogP contribution in [0.1, 0.15) is 22.3 Å². The van der Waals surface area contributed by atoms with Crippen molar-refractivity contribution < 1.29 is 18.9 Å². The number of hydrogen-bond acceptors (Lipinski definition) is 4. The predicted octanol–water partition coefficient (Wildman–Crippen LogP) is 8.57. The first kappa shape index (κ1) is 27.1. The van der Waals surface area contributed by atoms with E-state index in [4.69, 9.17) is 18.9 Å². The monoisotopic (exact) mass is 516 g/mol. The Kier molecular flexibility index (Phi) is 10.2. The van der Waals surface area contributed by atoms with Crippen LogP contribution >= 0.6 is 0 Å². The summed E-state index contributed by atoms with van der Waals surface area (Å²) < 4.78 is 21.8. The van der Waals surface area contributed by atoms with E-state index < -0.39 is 0 Å². The summed E-state index contributed by atoms with van der Waals surface area (Å²) in [7, 11) is 3.33. The minimum absolute atomic E-state index is 0.138. The van der Waals surface area contributed by atoms with E-state index in [0.717, 1.165) is 45.3 Å². The first-order chi connectivity index (χ1) is 19.2. The zero-order valence-corrected chi connectivity index (χ0v) is 22.2. The maximum absolute atomic E-state index is 5.73. The van der Waals surface area contributed by atoms with Crippen molar-refractivity contribution in [1.29, 1.82) is 0 Å². The average molecular weight is 517 g/mol. The van der Waals surface area contributed by atoms with Gasteiger partial charge in [0.1, 0.15) is 23.0 Å². The van der Waals surface area contributed by atoms with Crippen molar-refractivity contribution in [3.8, 4) is 23.0 Å². The molecule has 0 amide bonds. The molecule has 4 rings (SSSR count). The highest BCUT2D eigenvalue weighted by molar-refractivity contribution is 5.59. The molecule has 0 aliphatic carbocycles. The van der Waals surface area contributed by atoms with Crippen LogP contribution in [-0.4, -0.2) is 21.0 Å². The lowest BCUT2D eigenvalue weighted by Crippen LogP contribution is -2.05. The van der Waals surface area contributed by atoms with Gasteiger partial charge in [0.2, 0.25) is 6.79 Å². The fourth-order valence-electron chi connectivity index (χ4n) is 3.61. The quantitative estimate of drug-likeness (QED) is 0.140. The van der Waals surface area contributed by atoms with Gasteiger partial charge in [-0.3, -0.25) is 0 Å². The van der Waals surface area contributed by atoms with E-state index in [9.17, 15) is 0 Å². The van der Waals surface area contributed by atoms with Crippen LogP contribution in [0.4, 0.5) is 0 Å². The van der Waals surface area contributed by atoms with Gasteiger partial charge in [-0.25, -0.2) is 0 Å². The largest absolute Gasteiger partial charge is 0.497 e. The second-order valence-electron chi connectivity index (χ2n) is 8.53. The van der Waals surface area contributed by atoms with Gasteiger partial charge in [-0.1, -0.05) is 97.1 Å². The highest BCUT2D eigenvalue weighted by Crippen LogP contribution is 2.17. The molecular weight excluding hydrogens is 484 g/mol. The van der Waals surface area contributed by atoms with Crippen molar-refractivity contribution in [3.63, 3.8) is 0 Å². The fraction of sp³-hybridized carbons (Fsp3) is 0.0857. The Hall–Kier alpha value is -4.96. The first-order valence-electron chi connectivity index (χ1n) is 12.7. The summed E-state index contributed by atoms with van der Waals surface area (Å²) in [4.78, 5) is 0. The van der Waals surface area contributed by atoms with Crippen LogP contribution < -0.4 is 18.9 Å². The molecule has 0 aliphatic heterocycles. The number of benzene rings is 4. The third-order valence-corrected chi connectivity index (χ3v) is 5.82. The molecule has 0 N–H and O–H groups in total. The summed E-state index contributed by atoms with van der Waals surface area (Å²) >= 11 is 0. The van der Waals surface area contributed by atoms with Gasteiger partial charge in [-0.2, -0.15) is 0 Å². The SMILES string of the molecule is COc1ccc(/C=C/C=C/c2ccc(OCOc3ccc(/C=C/C=C/c4ccc(OC)cc4)cc3)cc2)cc1. The van der Waals surface area contributed by atoms with Gasteiger partial charge in [0.05, 0.1) is 14.2 Å². The highest BCUT2D eigenvalue weighted by atomic mass is 16.7. The van der Waals surface area contributed by atoms with E-state index in [2.05, 4.69) is 12.2 Å². The van der Waals surface area contributed by atoms with E-state index in [1.807, 2.05) is 134 Å². The van der Waals surface area contributed by atoms with Crippen molar-refractivity contribution in [2.45, 2.75) is 0 Å². The van der Waals surface area contributed by atoms with Gasteiger partial charge >= 0.3 is 0 Å². The van der Waals surface area contributed by atoms with E-state index in [1.165, 1.54) is 0 Å². The maximum atomic E-state index is 5.73. The van der Waals surface area contributed by atoms with Gasteiger partial charge in [0.25, 0.3) is 0 Å². The van der Waals surface area contributed by atoms with Crippen molar-refractivity contribution >= 4 is 24.3 Å². The number of hydrogen-bond donors (Lipinski definition) is 0. The summed E-state index contributed by atoms with van der Waals surface area (Å²) in [6.07, 6.45) is 16.2. The number of rotatable bonds is 12. The Balaban J connectivity index is 1.18. The maximum Gasteiger partial charge on any atom is 0.230 e. The Morgan fingerprint density at radius 1 is 0.385 bits per heavy atom. The van der Waals surface area contributed by atoms with Crippen LogP contribution in [0.25, 0.3) is 24.3 Å². The van der Waals surface area contributed by atoms with Gasteiger partial charge in [0.15, 0.2) is 0 Å². The molecule has 0 fully saturated rings. The predicted molar refractivity (Wildman–Crippen MR) is 161 cm³/mol. The molecule has 4 nitrogen and oxygen atoms in total. The average Bonchev–Trinajstić information content (AvgIpc) is 2.99. The molecule has 39 heavy (non-hydrogen) atoms. The zero-order chi connectivity index (χ0) is 27.1. The summed E-state index contributed by atoms with van der Waals surface area (Å²) in [5, 5.41) is 0. The molecule has 0 saturated heterocycles. The number of allylic oxidation sites excluding steroid dienone is 4. The number of ether oxygens (including phenoxy) is 4. The smallest absolute Gasteiger partial charge is 0.230 e. The second kappa shape index (κ2) is 14.7. The molecule has 0 spiro atoms. The Labute approximate surface area is 230 Å². The lowest BCUT2D eigenvalue weighted by molar-refractivity contribution is 0.120. The molecule has 0 aliphatic rings. The van der Waals surface area contributed by atoms with Crippen molar-refractivity contribution in [1.82, 2.24) is 0 Å². The van der Waals surface area contributed by atoms with Crippen LogP contribution in [0.15, 0.2) is 121 Å². The first-order valence-corrected chi connectivity index (χ1v) is 12.7. The van der Waals surface area contributed by atoms with Gasteiger partial charge < -0.3 is 18.9 Å². The third kappa shape index (κ3) is 9.13. The van der Waals surface area contributed by atoms with Crippen LogP contribution in [0.2, 0.25) is 0 Å². The molecule has 0 heterocycles. The molecule has 0 atom stereocenters. The molecule has 0 unspecified atom stereocenters. The second-order valence-corrected chi connectivity index (χ2v) is 8.53. The molecule has 0 radical (unpaired) electrons. The lowest BCUT2D eigenvalue weighted by atomic mass is 10.2. The highest BCUT2D eigenvalue weighted by Gasteiger charge is 1.97. The van der Waals surface area contributed by atoms with Crippen molar-refractivity contribution in [2.24, 2.45) is 0 Å². The van der Waals surface area contributed by atoms with Crippen LogP contribution in [-0.2, 0) is 0 Å². The van der Waals surface area contributed by atoms with Crippen molar-refractivity contribution in [3.05, 3.63) is 144 Å². The van der Waals surface area contributed by atoms with Crippen LogP contribution in [0.5, 0.6) is 23.0 Å².